The van der Waals surface area contributed by atoms with E-state index in [9.17, 15) is 0 Å². The Balaban J connectivity index is 1.52. The van der Waals surface area contributed by atoms with Crippen LogP contribution in [-0.4, -0.2) is 67.5 Å². The second-order valence-electron chi connectivity index (χ2n) is 6.80. The first-order valence-corrected chi connectivity index (χ1v) is 9.64. The van der Waals surface area contributed by atoms with Crippen molar-refractivity contribution in [1.82, 2.24) is 15.1 Å². The first kappa shape index (κ1) is 18.4. The third kappa shape index (κ3) is 6.13. The SMILES string of the molecule is COc1ccc(CN(CCCN2CCOCC2)C(=S)NC2CC2)cc1. The average molecular weight is 364 g/mol. The Bertz CT molecular complexity index is 542. The molecule has 2 aliphatic rings. The highest BCUT2D eigenvalue weighted by molar-refractivity contribution is 7.80. The van der Waals surface area contributed by atoms with Crippen molar-refractivity contribution in [2.24, 2.45) is 0 Å². The van der Waals surface area contributed by atoms with E-state index in [1.807, 2.05) is 12.1 Å². The van der Waals surface area contributed by atoms with Gasteiger partial charge < -0.3 is 19.7 Å². The molecule has 2 fully saturated rings. The summed E-state index contributed by atoms with van der Waals surface area (Å²) in [6.45, 7) is 6.73. The molecule has 1 aromatic rings. The highest BCUT2D eigenvalue weighted by Crippen LogP contribution is 2.20. The van der Waals surface area contributed by atoms with Gasteiger partial charge in [0, 0.05) is 38.8 Å². The number of rotatable bonds is 8. The van der Waals surface area contributed by atoms with E-state index in [0.717, 1.165) is 63.2 Å². The highest BCUT2D eigenvalue weighted by atomic mass is 32.1. The maximum Gasteiger partial charge on any atom is 0.169 e. The van der Waals surface area contributed by atoms with Crippen LogP contribution in [0, 0.1) is 0 Å². The normalized spacial score (nSPS) is 18.0. The van der Waals surface area contributed by atoms with Gasteiger partial charge in [0.15, 0.2) is 5.11 Å². The van der Waals surface area contributed by atoms with Crippen molar-refractivity contribution in [3.05, 3.63) is 29.8 Å². The Morgan fingerprint density at radius 3 is 2.64 bits per heavy atom. The minimum Gasteiger partial charge on any atom is -0.497 e. The predicted octanol–water partition coefficient (Wildman–Crippen LogP) is 2.26. The van der Waals surface area contributed by atoms with E-state index in [1.54, 1.807) is 7.11 Å². The minimum atomic E-state index is 0.588. The Labute approximate surface area is 156 Å². The van der Waals surface area contributed by atoms with Crippen LogP contribution in [0.15, 0.2) is 24.3 Å². The monoisotopic (exact) mass is 363 g/mol. The van der Waals surface area contributed by atoms with E-state index in [1.165, 1.54) is 18.4 Å². The molecule has 1 heterocycles. The Hall–Kier alpha value is -1.37. The Morgan fingerprint density at radius 1 is 1.28 bits per heavy atom. The molecule has 1 aromatic carbocycles. The van der Waals surface area contributed by atoms with E-state index in [-0.39, 0.29) is 0 Å². The van der Waals surface area contributed by atoms with Crippen LogP contribution in [-0.2, 0) is 11.3 Å². The minimum absolute atomic E-state index is 0.588. The maximum absolute atomic E-state index is 5.67. The Morgan fingerprint density at radius 2 is 2.00 bits per heavy atom. The summed E-state index contributed by atoms with van der Waals surface area (Å²) in [5, 5.41) is 4.37. The molecule has 3 rings (SSSR count). The zero-order valence-corrected chi connectivity index (χ0v) is 15.9. The van der Waals surface area contributed by atoms with E-state index in [0.29, 0.717) is 6.04 Å². The molecule has 138 valence electrons. The third-order valence-electron chi connectivity index (χ3n) is 4.73. The van der Waals surface area contributed by atoms with Gasteiger partial charge in [-0.05, 0) is 49.2 Å². The van der Waals surface area contributed by atoms with E-state index >= 15 is 0 Å². The molecule has 25 heavy (non-hydrogen) atoms. The number of thiocarbonyl (C=S) groups is 1. The molecule has 5 nitrogen and oxygen atoms in total. The van der Waals surface area contributed by atoms with Gasteiger partial charge >= 0.3 is 0 Å². The van der Waals surface area contributed by atoms with Crippen molar-refractivity contribution >= 4 is 17.3 Å². The summed E-state index contributed by atoms with van der Waals surface area (Å²) in [5.41, 5.74) is 1.26. The molecule has 0 radical (unpaired) electrons. The third-order valence-corrected chi connectivity index (χ3v) is 5.11. The molecule has 1 saturated heterocycles. The lowest BCUT2D eigenvalue weighted by Gasteiger charge is -2.29. The van der Waals surface area contributed by atoms with Crippen molar-refractivity contribution in [3.8, 4) is 5.75 Å². The fourth-order valence-corrected chi connectivity index (χ4v) is 3.33. The van der Waals surface area contributed by atoms with Crippen LogP contribution in [0.2, 0.25) is 0 Å². The topological polar surface area (TPSA) is 37.0 Å². The van der Waals surface area contributed by atoms with Crippen molar-refractivity contribution in [2.45, 2.75) is 31.8 Å². The fraction of sp³-hybridized carbons (Fsp3) is 0.632. The van der Waals surface area contributed by atoms with Gasteiger partial charge in [0.1, 0.15) is 5.75 Å². The summed E-state index contributed by atoms with van der Waals surface area (Å²) in [4.78, 5) is 4.78. The Kier molecular flexibility index (Phi) is 6.90. The molecule has 0 atom stereocenters. The second-order valence-corrected chi connectivity index (χ2v) is 7.19. The van der Waals surface area contributed by atoms with Crippen LogP contribution in [0.5, 0.6) is 5.75 Å². The lowest BCUT2D eigenvalue weighted by Crippen LogP contribution is -2.42. The average Bonchev–Trinajstić information content (AvgIpc) is 3.46. The molecular formula is C19H29N3O2S. The van der Waals surface area contributed by atoms with Crippen LogP contribution in [0.3, 0.4) is 0 Å². The summed E-state index contributed by atoms with van der Waals surface area (Å²) >= 11 is 5.67. The molecular weight excluding hydrogens is 334 g/mol. The number of methoxy groups -OCH3 is 1. The first-order valence-electron chi connectivity index (χ1n) is 9.23. The molecule has 1 N–H and O–H groups in total. The van der Waals surface area contributed by atoms with Gasteiger partial charge in [-0.2, -0.15) is 0 Å². The van der Waals surface area contributed by atoms with Crippen molar-refractivity contribution in [3.63, 3.8) is 0 Å². The van der Waals surface area contributed by atoms with E-state index in [4.69, 9.17) is 21.7 Å². The first-order chi connectivity index (χ1) is 12.2. The molecule has 0 bridgehead atoms. The summed E-state index contributed by atoms with van der Waals surface area (Å²) < 4.78 is 10.7. The summed E-state index contributed by atoms with van der Waals surface area (Å²) in [5.74, 6) is 0.890. The lowest BCUT2D eigenvalue weighted by atomic mass is 10.2. The zero-order valence-electron chi connectivity index (χ0n) is 15.1. The number of nitrogens with zero attached hydrogens (tertiary/aromatic N) is 2. The predicted molar refractivity (Wildman–Crippen MR) is 104 cm³/mol. The van der Waals surface area contributed by atoms with E-state index < -0.39 is 0 Å². The maximum atomic E-state index is 5.67. The highest BCUT2D eigenvalue weighted by Gasteiger charge is 2.24. The number of benzene rings is 1. The van der Waals surface area contributed by atoms with Crippen LogP contribution < -0.4 is 10.1 Å². The largest absolute Gasteiger partial charge is 0.497 e. The second kappa shape index (κ2) is 9.36. The molecule has 1 aliphatic carbocycles. The van der Waals surface area contributed by atoms with Gasteiger partial charge in [-0.1, -0.05) is 12.1 Å². The van der Waals surface area contributed by atoms with Crippen LogP contribution in [0.1, 0.15) is 24.8 Å². The molecule has 6 heteroatoms. The molecule has 0 unspecified atom stereocenters. The van der Waals surface area contributed by atoms with Crippen molar-refractivity contribution < 1.29 is 9.47 Å². The zero-order chi connectivity index (χ0) is 17.5. The number of ether oxygens (including phenoxy) is 2. The number of nitrogens with one attached hydrogen (secondary N) is 1. The molecule has 1 aliphatic heterocycles. The molecule has 0 spiro atoms. The van der Waals surface area contributed by atoms with Crippen LogP contribution in [0.25, 0.3) is 0 Å². The number of morpholine rings is 1. The summed E-state index contributed by atoms with van der Waals surface area (Å²) in [6, 6.07) is 8.85. The van der Waals surface area contributed by atoms with Crippen molar-refractivity contribution in [1.29, 1.82) is 0 Å². The quantitative estimate of drug-likeness (QED) is 0.714. The van der Waals surface area contributed by atoms with Gasteiger partial charge in [0.2, 0.25) is 0 Å². The summed E-state index contributed by atoms with van der Waals surface area (Å²) in [6.07, 6.45) is 3.59. The van der Waals surface area contributed by atoms with E-state index in [2.05, 4.69) is 27.2 Å². The van der Waals surface area contributed by atoms with Gasteiger partial charge in [0.25, 0.3) is 0 Å². The number of hydrogen-bond acceptors (Lipinski definition) is 4. The smallest absolute Gasteiger partial charge is 0.169 e. The molecule has 0 aromatic heterocycles. The van der Waals surface area contributed by atoms with Gasteiger partial charge in [-0.25, -0.2) is 0 Å². The van der Waals surface area contributed by atoms with Gasteiger partial charge in [0.05, 0.1) is 20.3 Å². The van der Waals surface area contributed by atoms with Gasteiger partial charge in [-0.3, -0.25) is 4.90 Å². The lowest BCUT2D eigenvalue weighted by molar-refractivity contribution is 0.0367. The standard InChI is InChI=1S/C19H29N3O2S/c1-23-18-7-3-16(4-8-18)15-22(19(25)20-17-5-6-17)10-2-9-21-11-13-24-14-12-21/h3-4,7-8,17H,2,5-6,9-15H2,1H3,(H,20,25). The van der Waals surface area contributed by atoms with Crippen LogP contribution in [0.4, 0.5) is 0 Å². The molecule has 1 saturated carbocycles. The molecule has 0 amide bonds. The fourth-order valence-electron chi connectivity index (χ4n) is 3.01. The van der Waals surface area contributed by atoms with Crippen molar-refractivity contribution in [2.75, 3.05) is 46.5 Å². The summed E-state index contributed by atoms with van der Waals surface area (Å²) in [7, 11) is 1.70. The number of hydrogen-bond donors (Lipinski definition) is 1. The van der Waals surface area contributed by atoms with Gasteiger partial charge in [-0.15, -0.1) is 0 Å². The van der Waals surface area contributed by atoms with Crippen LogP contribution >= 0.6 is 12.2 Å².